The molecule has 0 spiro atoms. The minimum atomic E-state index is -1.55. The van der Waals surface area contributed by atoms with Crippen LogP contribution in [0.25, 0.3) is 0 Å². The molecule has 6 heteroatoms. The Balaban J connectivity index is 2.97. The molecule has 6 atom stereocenters. The molecule has 0 aromatic rings. The van der Waals surface area contributed by atoms with E-state index in [2.05, 4.69) is 0 Å². The SMILES string of the molecule is C[C@@H]1CCCC(C)(O)CCCN(C)[C@H](C)[C@@H](O)[C@](C)(O)[C@H](C)OC1=O. The van der Waals surface area contributed by atoms with Gasteiger partial charge in [-0.05, 0) is 73.4 Å². The second-order valence-electron chi connectivity index (χ2n) is 8.36. The van der Waals surface area contributed by atoms with E-state index in [0.717, 1.165) is 12.8 Å². The maximum absolute atomic E-state index is 12.3. The van der Waals surface area contributed by atoms with Crippen LogP contribution in [0.1, 0.15) is 66.7 Å². The van der Waals surface area contributed by atoms with E-state index in [1.54, 1.807) is 13.8 Å². The van der Waals surface area contributed by atoms with Gasteiger partial charge in [-0.25, -0.2) is 0 Å². The predicted octanol–water partition coefficient (Wildman–Crippen LogP) is 1.70. The molecule has 6 nitrogen and oxygen atoms in total. The third-order valence-electron chi connectivity index (χ3n) is 5.85. The molecule has 1 saturated heterocycles. The van der Waals surface area contributed by atoms with Crippen molar-refractivity contribution in [2.24, 2.45) is 5.92 Å². The van der Waals surface area contributed by atoms with Gasteiger partial charge in [-0.15, -0.1) is 0 Å². The van der Waals surface area contributed by atoms with Crippen LogP contribution >= 0.6 is 0 Å². The average Bonchev–Trinajstić information content (AvgIpc) is 2.51. The highest BCUT2D eigenvalue weighted by Crippen LogP contribution is 2.27. The fourth-order valence-electron chi connectivity index (χ4n) is 3.32. The summed E-state index contributed by atoms with van der Waals surface area (Å²) in [6.07, 6.45) is 1.57. The van der Waals surface area contributed by atoms with Gasteiger partial charge in [-0.3, -0.25) is 4.79 Å². The van der Waals surface area contributed by atoms with Gasteiger partial charge in [0.1, 0.15) is 17.8 Å². The van der Waals surface area contributed by atoms with Crippen LogP contribution in [0.5, 0.6) is 0 Å². The molecule has 0 aliphatic carbocycles. The van der Waals surface area contributed by atoms with E-state index in [9.17, 15) is 20.1 Å². The number of nitrogens with zero attached hydrogens (tertiary/aromatic N) is 1. The Kier molecular flexibility index (Phi) is 7.87. The summed E-state index contributed by atoms with van der Waals surface area (Å²) in [5, 5.41) is 31.9. The number of aliphatic hydroxyl groups excluding tert-OH is 1. The zero-order valence-electron chi connectivity index (χ0n) is 16.7. The summed E-state index contributed by atoms with van der Waals surface area (Å²) in [7, 11) is 1.88. The number of carbonyl (C=O) groups is 1. The van der Waals surface area contributed by atoms with Crippen molar-refractivity contribution in [3.63, 3.8) is 0 Å². The van der Waals surface area contributed by atoms with Crippen LogP contribution in [0.15, 0.2) is 0 Å². The topological polar surface area (TPSA) is 90.2 Å². The molecule has 0 bridgehead atoms. The van der Waals surface area contributed by atoms with Crippen molar-refractivity contribution in [3.05, 3.63) is 0 Å². The van der Waals surface area contributed by atoms with Gasteiger partial charge in [0.15, 0.2) is 0 Å². The Bertz CT molecular complexity index is 438. The number of rotatable bonds is 0. The molecule has 0 aromatic heterocycles. The van der Waals surface area contributed by atoms with Crippen LogP contribution in [0.2, 0.25) is 0 Å². The van der Waals surface area contributed by atoms with E-state index in [0.29, 0.717) is 25.8 Å². The molecule has 1 unspecified atom stereocenters. The molecule has 0 radical (unpaired) electrons. The first-order valence-corrected chi connectivity index (χ1v) is 9.42. The number of cyclic esters (lactones) is 1. The van der Waals surface area contributed by atoms with E-state index in [-0.39, 0.29) is 17.9 Å². The number of hydrogen-bond acceptors (Lipinski definition) is 6. The fraction of sp³-hybridized carbons (Fsp3) is 0.947. The van der Waals surface area contributed by atoms with Gasteiger partial charge in [0, 0.05) is 6.04 Å². The summed E-state index contributed by atoms with van der Waals surface area (Å²) < 4.78 is 5.43. The maximum atomic E-state index is 12.3. The zero-order chi connectivity index (χ0) is 19.4. The van der Waals surface area contributed by atoms with Gasteiger partial charge in [0.2, 0.25) is 0 Å². The first-order valence-electron chi connectivity index (χ1n) is 9.42. The van der Waals surface area contributed by atoms with Crippen LogP contribution in [0.3, 0.4) is 0 Å². The van der Waals surface area contributed by atoms with Gasteiger partial charge >= 0.3 is 5.97 Å². The molecular weight excluding hydrogens is 322 g/mol. The number of ether oxygens (including phenoxy) is 1. The van der Waals surface area contributed by atoms with Gasteiger partial charge in [0.05, 0.1) is 11.5 Å². The maximum Gasteiger partial charge on any atom is 0.309 e. The molecule has 25 heavy (non-hydrogen) atoms. The Hall–Kier alpha value is -0.690. The van der Waals surface area contributed by atoms with Crippen molar-refractivity contribution in [1.29, 1.82) is 0 Å². The zero-order valence-corrected chi connectivity index (χ0v) is 16.7. The Morgan fingerprint density at radius 3 is 2.28 bits per heavy atom. The van der Waals surface area contributed by atoms with Crippen LogP contribution in [-0.4, -0.2) is 69.2 Å². The fourth-order valence-corrected chi connectivity index (χ4v) is 3.32. The van der Waals surface area contributed by atoms with Crippen molar-refractivity contribution in [3.8, 4) is 0 Å². The lowest BCUT2D eigenvalue weighted by molar-refractivity contribution is -0.185. The highest BCUT2D eigenvalue weighted by molar-refractivity contribution is 5.72. The summed E-state index contributed by atoms with van der Waals surface area (Å²) in [6, 6.07) is -0.316. The molecule has 1 fully saturated rings. The van der Waals surface area contributed by atoms with Crippen LogP contribution in [-0.2, 0) is 9.53 Å². The van der Waals surface area contributed by atoms with E-state index in [4.69, 9.17) is 4.74 Å². The third-order valence-corrected chi connectivity index (χ3v) is 5.85. The van der Waals surface area contributed by atoms with Crippen molar-refractivity contribution in [1.82, 2.24) is 4.90 Å². The molecule has 148 valence electrons. The predicted molar refractivity (Wildman–Crippen MR) is 97.1 cm³/mol. The lowest BCUT2D eigenvalue weighted by atomic mass is 9.88. The number of likely N-dealkylation sites (N-methyl/N-ethyl adjacent to an activating group) is 1. The highest BCUT2D eigenvalue weighted by Gasteiger charge is 2.43. The van der Waals surface area contributed by atoms with Crippen molar-refractivity contribution in [2.45, 2.75) is 96.2 Å². The van der Waals surface area contributed by atoms with E-state index >= 15 is 0 Å². The van der Waals surface area contributed by atoms with Crippen molar-refractivity contribution < 1.29 is 24.9 Å². The normalized spacial score (nSPS) is 43.8. The van der Waals surface area contributed by atoms with E-state index < -0.39 is 23.4 Å². The van der Waals surface area contributed by atoms with Gasteiger partial charge < -0.3 is 25.0 Å². The summed E-state index contributed by atoms with van der Waals surface area (Å²) in [6.45, 7) is 9.29. The second-order valence-corrected chi connectivity index (χ2v) is 8.36. The molecule has 0 amide bonds. The first-order chi connectivity index (χ1) is 11.4. The standard InChI is InChI=1S/C19H37NO5/c1-13-9-7-10-18(4,23)11-8-12-20(6)14(2)16(21)19(5,24)15(3)25-17(13)22/h13-16,21,23-24H,7-12H2,1-6H3/t13-,14-,15+,16-,18?,19-/m1/s1. The smallest absolute Gasteiger partial charge is 0.309 e. The highest BCUT2D eigenvalue weighted by atomic mass is 16.6. The van der Waals surface area contributed by atoms with E-state index in [1.165, 1.54) is 6.92 Å². The summed E-state index contributed by atoms with van der Waals surface area (Å²) in [4.78, 5) is 14.2. The number of aliphatic hydroxyl groups is 3. The molecule has 0 aromatic carbocycles. The second kappa shape index (κ2) is 8.80. The Labute approximate surface area is 152 Å². The van der Waals surface area contributed by atoms with Gasteiger partial charge in [-0.2, -0.15) is 0 Å². The monoisotopic (exact) mass is 359 g/mol. The summed E-state index contributed by atoms with van der Waals surface area (Å²) >= 11 is 0. The van der Waals surface area contributed by atoms with Gasteiger partial charge in [-0.1, -0.05) is 6.92 Å². The number of hydrogen-bond donors (Lipinski definition) is 3. The Morgan fingerprint density at radius 1 is 1.12 bits per heavy atom. The molecule has 0 saturated carbocycles. The van der Waals surface area contributed by atoms with Crippen LogP contribution < -0.4 is 0 Å². The number of esters is 1. The molecule has 1 rings (SSSR count). The minimum Gasteiger partial charge on any atom is -0.459 e. The van der Waals surface area contributed by atoms with E-state index in [1.807, 2.05) is 25.8 Å². The largest absolute Gasteiger partial charge is 0.459 e. The number of carbonyl (C=O) groups excluding carboxylic acids is 1. The lowest BCUT2D eigenvalue weighted by Crippen LogP contribution is -2.58. The Morgan fingerprint density at radius 2 is 1.68 bits per heavy atom. The first kappa shape index (κ1) is 22.4. The molecule has 1 aliphatic heterocycles. The van der Waals surface area contributed by atoms with Gasteiger partial charge in [0.25, 0.3) is 0 Å². The third kappa shape index (κ3) is 6.20. The average molecular weight is 360 g/mol. The van der Waals surface area contributed by atoms with Crippen molar-refractivity contribution in [2.75, 3.05) is 13.6 Å². The summed E-state index contributed by atoms with van der Waals surface area (Å²) in [5.74, 6) is -0.688. The summed E-state index contributed by atoms with van der Waals surface area (Å²) in [5.41, 5.74) is -2.31. The molecular formula is C19H37NO5. The van der Waals surface area contributed by atoms with Crippen LogP contribution in [0.4, 0.5) is 0 Å². The molecule has 3 N–H and O–H groups in total. The lowest BCUT2D eigenvalue weighted by Gasteiger charge is -2.40. The quantitative estimate of drug-likeness (QED) is 0.571. The van der Waals surface area contributed by atoms with Crippen LogP contribution in [0, 0.1) is 5.92 Å². The van der Waals surface area contributed by atoms with Crippen molar-refractivity contribution >= 4 is 5.97 Å². The minimum absolute atomic E-state index is 0.309. The molecule has 1 aliphatic rings. The molecule has 1 heterocycles.